The van der Waals surface area contributed by atoms with Crippen LogP contribution in [0.3, 0.4) is 0 Å². The van der Waals surface area contributed by atoms with E-state index >= 15 is 0 Å². The third-order valence-corrected chi connectivity index (χ3v) is 9.59. The average Bonchev–Trinajstić information content (AvgIpc) is 2.72. The zero-order valence-electron chi connectivity index (χ0n) is 13.0. The molecule has 0 radical (unpaired) electrons. The van der Waals surface area contributed by atoms with Crippen molar-refractivity contribution in [3.8, 4) is 0 Å². The molecule has 2 rings (SSSR count). The van der Waals surface area contributed by atoms with Gasteiger partial charge in [0.15, 0.2) is 8.32 Å². The minimum atomic E-state index is -1.64. The van der Waals surface area contributed by atoms with Gasteiger partial charge in [-0.1, -0.05) is 42.8 Å². The number of nitrogens with zero attached hydrogens (tertiary/aromatic N) is 1. The number of aromatic nitrogens is 1. The van der Waals surface area contributed by atoms with Gasteiger partial charge in [-0.2, -0.15) is 0 Å². The standard InChI is InChI=1S/C16H24BrNOSi/c1-16(2,3)20(4,5)19-12-11-18-10-9-13-14(17)7-6-8-15(13)18/h6-10H,11-12H2,1-5H3. The summed E-state index contributed by atoms with van der Waals surface area (Å²) in [5, 5.41) is 1.54. The first-order valence-electron chi connectivity index (χ1n) is 7.10. The number of fused-ring (bicyclic) bond motifs is 1. The summed E-state index contributed by atoms with van der Waals surface area (Å²) in [5.74, 6) is 0. The Hall–Kier alpha value is -0.583. The van der Waals surface area contributed by atoms with Crippen molar-refractivity contribution in [2.75, 3.05) is 6.61 Å². The molecule has 0 atom stereocenters. The molecule has 0 bridgehead atoms. The summed E-state index contributed by atoms with van der Waals surface area (Å²) in [6, 6.07) is 8.48. The second-order valence-corrected chi connectivity index (χ2v) is 12.5. The highest BCUT2D eigenvalue weighted by Gasteiger charge is 2.36. The molecule has 0 saturated carbocycles. The average molecular weight is 354 g/mol. The van der Waals surface area contributed by atoms with E-state index in [0.29, 0.717) is 0 Å². The van der Waals surface area contributed by atoms with Crippen LogP contribution < -0.4 is 0 Å². The molecule has 0 spiro atoms. The van der Waals surface area contributed by atoms with E-state index in [1.807, 2.05) is 0 Å². The van der Waals surface area contributed by atoms with Crippen LogP contribution in [-0.4, -0.2) is 19.5 Å². The van der Waals surface area contributed by atoms with Crippen molar-refractivity contribution in [3.05, 3.63) is 34.9 Å². The molecule has 0 aliphatic carbocycles. The second kappa shape index (κ2) is 5.66. The summed E-state index contributed by atoms with van der Waals surface area (Å²) >= 11 is 3.60. The number of rotatable bonds is 4. The van der Waals surface area contributed by atoms with Gasteiger partial charge < -0.3 is 8.99 Å². The maximum atomic E-state index is 6.25. The lowest BCUT2D eigenvalue weighted by Crippen LogP contribution is -2.41. The first-order valence-corrected chi connectivity index (χ1v) is 10.8. The molecule has 1 aromatic carbocycles. The van der Waals surface area contributed by atoms with Gasteiger partial charge in [-0.25, -0.2) is 0 Å². The number of hydrogen-bond acceptors (Lipinski definition) is 1. The van der Waals surface area contributed by atoms with E-state index < -0.39 is 8.32 Å². The highest BCUT2D eigenvalue weighted by atomic mass is 79.9. The lowest BCUT2D eigenvalue weighted by Gasteiger charge is -2.36. The van der Waals surface area contributed by atoms with Crippen molar-refractivity contribution >= 4 is 35.2 Å². The van der Waals surface area contributed by atoms with Crippen LogP contribution in [0.1, 0.15) is 20.8 Å². The summed E-state index contributed by atoms with van der Waals surface area (Å²) in [5.41, 5.74) is 1.26. The fraction of sp³-hybridized carbons (Fsp3) is 0.500. The quantitative estimate of drug-likeness (QED) is 0.668. The SMILES string of the molecule is CC(C)(C)[Si](C)(C)OCCn1ccc2c(Br)cccc21. The molecular formula is C16H24BrNOSi. The van der Waals surface area contributed by atoms with Gasteiger partial charge in [0.25, 0.3) is 0 Å². The van der Waals surface area contributed by atoms with Gasteiger partial charge in [-0.3, -0.25) is 0 Å². The van der Waals surface area contributed by atoms with Gasteiger partial charge >= 0.3 is 0 Å². The van der Waals surface area contributed by atoms with Gasteiger partial charge in [0.05, 0.1) is 6.61 Å². The normalized spacial score (nSPS) is 13.1. The molecule has 110 valence electrons. The molecule has 4 heteroatoms. The van der Waals surface area contributed by atoms with E-state index in [-0.39, 0.29) is 5.04 Å². The Balaban J connectivity index is 2.06. The van der Waals surface area contributed by atoms with Crippen molar-refractivity contribution < 1.29 is 4.43 Å². The van der Waals surface area contributed by atoms with E-state index in [0.717, 1.165) is 17.6 Å². The molecule has 0 N–H and O–H groups in total. The van der Waals surface area contributed by atoms with E-state index in [1.54, 1.807) is 0 Å². The predicted molar refractivity (Wildman–Crippen MR) is 92.8 cm³/mol. The molecular weight excluding hydrogens is 330 g/mol. The molecule has 1 heterocycles. The van der Waals surface area contributed by atoms with Crippen molar-refractivity contribution in [2.24, 2.45) is 0 Å². The Labute approximate surface area is 131 Å². The second-order valence-electron chi connectivity index (χ2n) is 6.79. The van der Waals surface area contributed by atoms with Gasteiger partial charge in [-0.05, 0) is 36.3 Å². The Bertz CT molecular complexity index is 598. The Kier molecular flexibility index (Phi) is 4.47. The lowest BCUT2D eigenvalue weighted by molar-refractivity contribution is 0.273. The van der Waals surface area contributed by atoms with Crippen LogP contribution in [0.15, 0.2) is 34.9 Å². The highest BCUT2D eigenvalue weighted by molar-refractivity contribution is 9.10. The minimum absolute atomic E-state index is 0.273. The molecule has 2 aromatic rings. The maximum Gasteiger partial charge on any atom is 0.192 e. The fourth-order valence-electron chi connectivity index (χ4n) is 2.00. The Morgan fingerprint density at radius 3 is 2.55 bits per heavy atom. The summed E-state index contributed by atoms with van der Waals surface area (Å²) in [4.78, 5) is 0. The molecule has 0 aliphatic rings. The zero-order chi connectivity index (χ0) is 15.0. The predicted octanol–water partition coefficient (Wildman–Crippen LogP) is 5.43. The van der Waals surface area contributed by atoms with Crippen molar-refractivity contribution in [2.45, 2.75) is 45.4 Å². The van der Waals surface area contributed by atoms with Crippen molar-refractivity contribution in [1.82, 2.24) is 4.57 Å². The maximum absolute atomic E-state index is 6.25. The molecule has 0 saturated heterocycles. The molecule has 0 fully saturated rings. The van der Waals surface area contributed by atoms with Crippen LogP contribution in [0.25, 0.3) is 10.9 Å². The van der Waals surface area contributed by atoms with E-state index in [1.165, 1.54) is 10.9 Å². The van der Waals surface area contributed by atoms with Crippen LogP contribution in [-0.2, 0) is 11.0 Å². The minimum Gasteiger partial charge on any atom is -0.415 e. The van der Waals surface area contributed by atoms with Gasteiger partial charge in [0, 0.05) is 28.1 Å². The fourth-order valence-corrected chi connectivity index (χ4v) is 3.52. The van der Waals surface area contributed by atoms with Crippen LogP contribution in [0, 0.1) is 0 Å². The summed E-state index contributed by atoms with van der Waals surface area (Å²) in [6.45, 7) is 13.1. The van der Waals surface area contributed by atoms with E-state index in [4.69, 9.17) is 4.43 Å². The number of benzene rings is 1. The lowest BCUT2D eigenvalue weighted by atomic mass is 10.2. The summed E-state index contributed by atoms with van der Waals surface area (Å²) in [6.07, 6.45) is 2.14. The van der Waals surface area contributed by atoms with Gasteiger partial charge in [0.1, 0.15) is 0 Å². The Morgan fingerprint density at radius 1 is 1.20 bits per heavy atom. The molecule has 0 aliphatic heterocycles. The topological polar surface area (TPSA) is 14.2 Å². The first-order chi connectivity index (χ1) is 9.22. The first kappa shape index (κ1) is 15.8. The molecule has 2 nitrogen and oxygen atoms in total. The van der Waals surface area contributed by atoms with E-state index in [2.05, 4.69) is 84.8 Å². The third kappa shape index (κ3) is 3.18. The van der Waals surface area contributed by atoms with Crippen LogP contribution in [0.5, 0.6) is 0 Å². The van der Waals surface area contributed by atoms with E-state index in [9.17, 15) is 0 Å². The summed E-state index contributed by atoms with van der Waals surface area (Å²) < 4.78 is 9.68. The Morgan fingerprint density at radius 2 is 1.90 bits per heavy atom. The van der Waals surface area contributed by atoms with Crippen molar-refractivity contribution in [3.63, 3.8) is 0 Å². The smallest absolute Gasteiger partial charge is 0.192 e. The molecule has 0 unspecified atom stereocenters. The largest absolute Gasteiger partial charge is 0.415 e. The van der Waals surface area contributed by atoms with Crippen LogP contribution in [0.2, 0.25) is 18.1 Å². The molecule has 1 aromatic heterocycles. The molecule has 0 amide bonds. The number of halogens is 1. The molecule has 20 heavy (non-hydrogen) atoms. The van der Waals surface area contributed by atoms with Crippen molar-refractivity contribution in [1.29, 1.82) is 0 Å². The summed E-state index contributed by atoms with van der Waals surface area (Å²) in [7, 11) is -1.64. The number of hydrogen-bond donors (Lipinski definition) is 0. The van der Waals surface area contributed by atoms with Gasteiger partial charge in [-0.15, -0.1) is 0 Å². The van der Waals surface area contributed by atoms with Crippen LogP contribution in [0.4, 0.5) is 0 Å². The van der Waals surface area contributed by atoms with Gasteiger partial charge in [0.2, 0.25) is 0 Å². The monoisotopic (exact) mass is 353 g/mol. The third-order valence-electron chi connectivity index (χ3n) is 4.36. The van der Waals surface area contributed by atoms with Crippen LogP contribution >= 0.6 is 15.9 Å². The zero-order valence-corrected chi connectivity index (χ0v) is 15.6. The highest BCUT2D eigenvalue weighted by Crippen LogP contribution is 2.36.